The van der Waals surface area contributed by atoms with Gasteiger partial charge in [0.1, 0.15) is 11.5 Å². The molecule has 1 unspecified atom stereocenters. The molecule has 1 fully saturated rings. The third kappa shape index (κ3) is 6.57. The molecule has 2 aromatic heterocycles. The Hall–Kier alpha value is -4.25. The Bertz CT molecular complexity index is 1630. The number of carbonyl (C=O) groups is 2. The van der Waals surface area contributed by atoms with Gasteiger partial charge in [-0.2, -0.15) is 13.2 Å². The number of alkyl halides is 4. The van der Waals surface area contributed by atoms with Gasteiger partial charge in [-0.05, 0) is 77.5 Å². The lowest BCUT2D eigenvalue weighted by Gasteiger charge is -2.18. The number of nitrogens with two attached hydrogens (primary N) is 1. The molecule has 0 bridgehead atoms. The third-order valence-electron chi connectivity index (χ3n) is 6.82. The Labute approximate surface area is 237 Å². The standard InChI is InChI=1S/C30H26F4N4O2S/c1-29(31)10-11-38(17-29)28(40)20-6-4-19(5-7-20)21-12-22-13-23(41-27(22)24(14-21)30(32,33)34)16-37-26(39)9-3-18-2-8-25(35)36-15-18/h2-9,12-15H,10-11,16-17H2,1H3,(H2,35,36)(H,37,39)/b9-3+. The van der Waals surface area contributed by atoms with Gasteiger partial charge in [0.05, 0.1) is 18.7 Å². The Morgan fingerprint density at radius 1 is 1.12 bits per heavy atom. The number of carbonyl (C=O) groups excluding carboxylic acids is 2. The van der Waals surface area contributed by atoms with E-state index in [4.69, 9.17) is 5.73 Å². The van der Waals surface area contributed by atoms with Crippen LogP contribution in [-0.2, 0) is 17.5 Å². The van der Waals surface area contributed by atoms with Crippen LogP contribution in [0, 0.1) is 0 Å². The number of nitrogens with one attached hydrogen (secondary N) is 1. The quantitative estimate of drug-likeness (QED) is 0.202. The fourth-order valence-electron chi connectivity index (χ4n) is 4.68. The van der Waals surface area contributed by atoms with Crippen molar-refractivity contribution in [3.63, 3.8) is 0 Å². The number of fused-ring (bicyclic) bond motifs is 1. The molecule has 1 aliphatic rings. The first-order chi connectivity index (χ1) is 19.4. The van der Waals surface area contributed by atoms with Crippen molar-refractivity contribution in [1.82, 2.24) is 15.2 Å². The summed E-state index contributed by atoms with van der Waals surface area (Å²) in [6, 6.07) is 14.0. The van der Waals surface area contributed by atoms with Crippen molar-refractivity contribution in [1.29, 1.82) is 0 Å². The fraction of sp³-hybridized carbons (Fsp3) is 0.233. The van der Waals surface area contributed by atoms with Gasteiger partial charge in [-0.3, -0.25) is 9.59 Å². The van der Waals surface area contributed by atoms with Gasteiger partial charge in [-0.1, -0.05) is 12.1 Å². The van der Waals surface area contributed by atoms with Crippen LogP contribution >= 0.6 is 11.3 Å². The topological polar surface area (TPSA) is 88.3 Å². The highest BCUT2D eigenvalue weighted by atomic mass is 32.1. The number of likely N-dealkylation sites (tertiary alicyclic amines) is 1. The van der Waals surface area contributed by atoms with E-state index in [2.05, 4.69) is 10.3 Å². The minimum absolute atomic E-state index is 0.0104. The van der Waals surface area contributed by atoms with Crippen LogP contribution in [0.25, 0.3) is 27.3 Å². The lowest BCUT2D eigenvalue weighted by molar-refractivity contribution is -0.136. The van der Waals surface area contributed by atoms with Crippen LogP contribution in [-0.4, -0.2) is 40.5 Å². The zero-order chi connectivity index (χ0) is 29.4. The molecule has 11 heteroatoms. The molecular weight excluding hydrogens is 556 g/mol. The molecule has 1 atom stereocenters. The van der Waals surface area contributed by atoms with E-state index in [0.717, 1.165) is 17.4 Å². The van der Waals surface area contributed by atoms with Crippen LogP contribution in [0.5, 0.6) is 0 Å². The molecule has 6 nitrogen and oxygen atoms in total. The molecule has 0 radical (unpaired) electrons. The van der Waals surface area contributed by atoms with E-state index in [-0.39, 0.29) is 30.1 Å². The Kier molecular flexibility index (Phi) is 7.56. The van der Waals surface area contributed by atoms with Crippen LogP contribution in [0.15, 0.2) is 66.9 Å². The first-order valence-corrected chi connectivity index (χ1v) is 13.6. The maximum atomic E-state index is 14.2. The molecule has 3 N–H and O–H groups in total. The summed E-state index contributed by atoms with van der Waals surface area (Å²) < 4.78 is 56.4. The van der Waals surface area contributed by atoms with Gasteiger partial charge in [0.2, 0.25) is 5.91 Å². The first-order valence-electron chi connectivity index (χ1n) is 12.8. The number of benzene rings is 2. The van der Waals surface area contributed by atoms with Crippen molar-refractivity contribution >= 4 is 45.1 Å². The molecule has 2 amide bonds. The van der Waals surface area contributed by atoms with E-state index in [1.165, 1.54) is 24.1 Å². The number of nitrogen functional groups attached to an aromatic ring is 1. The molecule has 0 spiro atoms. The second kappa shape index (κ2) is 11.0. The maximum Gasteiger partial charge on any atom is 0.417 e. The van der Waals surface area contributed by atoms with Gasteiger partial charge in [-0.15, -0.1) is 11.3 Å². The zero-order valence-corrected chi connectivity index (χ0v) is 22.8. The van der Waals surface area contributed by atoms with Gasteiger partial charge >= 0.3 is 6.18 Å². The SMILES string of the molecule is CC1(F)CCN(C(=O)c2ccc(-c3cc(C(F)(F)F)c4sc(CNC(=O)/C=C/c5ccc(N)nc5)cc4c3)cc2)C1. The third-order valence-corrected chi connectivity index (χ3v) is 8.01. The molecule has 5 rings (SSSR count). The van der Waals surface area contributed by atoms with E-state index in [9.17, 15) is 27.2 Å². The zero-order valence-electron chi connectivity index (χ0n) is 22.0. The lowest BCUT2D eigenvalue weighted by atomic mass is 9.99. The van der Waals surface area contributed by atoms with Crippen molar-refractivity contribution in [2.45, 2.75) is 31.7 Å². The molecular formula is C30H26F4N4O2S. The van der Waals surface area contributed by atoms with Gasteiger partial charge in [0, 0.05) is 40.4 Å². The predicted octanol–water partition coefficient (Wildman–Crippen LogP) is 6.47. The van der Waals surface area contributed by atoms with Gasteiger partial charge in [0.15, 0.2) is 0 Å². The first kappa shape index (κ1) is 28.3. The smallest absolute Gasteiger partial charge is 0.384 e. The molecule has 2 aromatic carbocycles. The fourth-order valence-corrected chi connectivity index (χ4v) is 5.79. The van der Waals surface area contributed by atoms with Crippen molar-refractivity contribution in [3.8, 4) is 11.1 Å². The molecule has 0 aliphatic carbocycles. The van der Waals surface area contributed by atoms with E-state index >= 15 is 0 Å². The number of rotatable bonds is 6. The van der Waals surface area contributed by atoms with Gasteiger partial charge in [0.25, 0.3) is 5.91 Å². The number of aromatic nitrogens is 1. The summed E-state index contributed by atoms with van der Waals surface area (Å²) in [6.45, 7) is 1.84. The largest absolute Gasteiger partial charge is 0.417 e. The van der Waals surface area contributed by atoms with Crippen LogP contribution in [0.3, 0.4) is 0 Å². The summed E-state index contributed by atoms with van der Waals surface area (Å²) in [5.74, 6) is -0.362. The number of nitrogens with zero attached hydrogens (tertiary/aromatic N) is 2. The van der Waals surface area contributed by atoms with Crippen LogP contribution in [0.1, 0.15) is 39.7 Å². The number of thiophene rings is 1. The molecule has 1 saturated heterocycles. The van der Waals surface area contributed by atoms with Gasteiger partial charge in [-0.25, -0.2) is 9.37 Å². The second-order valence-corrected chi connectivity index (χ2v) is 11.3. The lowest BCUT2D eigenvalue weighted by Crippen LogP contribution is -2.31. The molecule has 4 aromatic rings. The van der Waals surface area contributed by atoms with E-state index in [1.54, 1.807) is 54.6 Å². The minimum atomic E-state index is -4.60. The highest BCUT2D eigenvalue weighted by molar-refractivity contribution is 7.19. The van der Waals surface area contributed by atoms with Crippen molar-refractivity contribution < 1.29 is 27.2 Å². The maximum absolute atomic E-state index is 14.2. The number of halogens is 4. The number of amides is 2. The number of anilines is 1. The Balaban J connectivity index is 1.34. The van der Waals surface area contributed by atoms with Crippen molar-refractivity contribution in [3.05, 3.63) is 88.4 Å². The summed E-state index contributed by atoms with van der Waals surface area (Å²) in [5, 5.41) is 3.09. The van der Waals surface area contributed by atoms with E-state index in [0.29, 0.717) is 44.9 Å². The monoisotopic (exact) mass is 582 g/mol. The summed E-state index contributed by atoms with van der Waals surface area (Å²) >= 11 is 0.969. The van der Waals surface area contributed by atoms with E-state index < -0.39 is 23.3 Å². The molecule has 1 aliphatic heterocycles. The van der Waals surface area contributed by atoms with E-state index in [1.807, 2.05) is 0 Å². The van der Waals surface area contributed by atoms with Crippen LogP contribution in [0.4, 0.5) is 23.4 Å². The Morgan fingerprint density at radius 2 is 1.88 bits per heavy atom. The summed E-state index contributed by atoms with van der Waals surface area (Å²) in [4.78, 5) is 31.0. The van der Waals surface area contributed by atoms with Gasteiger partial charge < -0.3 is 16.0 Å². The molecule has 0 saturated carbocycles. The number of hydrogen-bond donors (Lipinski definition) is 2. The highest BCUT2D eigenvalue weighted by Crippen LogP contribution is 2.41. The summed E-state index contributed by atoms with van der Waals surface area (Å²) in [7, 11) is 0. The Morgan fingerprint density at radius 3 is 2.51 bits per heavy atom. The second-order valence-electron chi connectivity index (χ2n) is 10.2. The number of hydrogen-bond acceptors (Lipinski definition) is 5. The summed E-state index contributed by atoms with van der Waals surface area (Å²) in [5.41, 5.74) is 5.22. The average Bonchev–Trinajstić information content (AvgIpc) is 3.52. The van der Waals surface area contributed by atoms with Crippen molar-refractivity contribution in [2.24, 2.45) is 0 Å². The molecule has 3 heterocycles. The molecule has 212 valence electrons. The predicted molar refractivity (Wildman–Crippen MR) is 152 cm³/mol. The number of pyridine rings is 1. The van der Waals surface area contributed by atoms with Crippen LogP contribution < -0.4 is 11.1 Å². The normalized spacial score (nSPS) is 17.4. The highest BCUT2D eigenvalue weighted by Gasteiger charge is 2.36. The van der Waals surface area contributed by atoms with Crippen LogP contribution in [0.2, 0.25) is 0 Å². The molecule has 41 heavy (non-hydrogen) atoms. The minimum Gasteiger partial charge on any atom is -0.384 e. The summed E-state index contributed by atoms with van der Waals surface area (Å²) in [6.07, 6.45) is 0.0552. The average molecular weight is 583 g/mol. The van der Waals surface area contributed by atoms with Crippen molar-refractivity contribution in [2.75, 3.05) is 18.8 Å².